The van der Waals surface area contributed by atoms with Crippen molar-refractivity contribution in [3.8, 4) is 0 Å². The molecule has 5 heteroatoms. The first-order chi connectivity index (χ1) is 12.4. The smallest absolute Gasteiger partial charge is 0.240 e. The number of aliphatic hydroxyl groups is 1. The molecule has 0 heterocycles. The second-order valence-electron chi connectivity index (χ2n) is 6.52. The van der Waals surface area contributed by atoms with E-state index in [4.69, 9.17) is 0 Å². The lowest BCUT2D eigenvalue weighted by Gasteiger charge is -2.15. The lowest BCUT2D eigenvalue weighted by atomic mass is 9.99. The zero-order chi connectivity index (χ0) is 18.7. The number of hydrogen-bond donors (Lipinski definition) is 2. The van der Waals surface area contributed by atoms with E-state index in [9.17, 15) is 13.5 Å². The van der Waals surface area contributed by atoms with Crippen LogP contribution < -0.4 is 4.72 Å². The molecule has 4 nitrogen and oxygen atoms in total. The quantitative estimate of drug-likeness (QED) is 0.693. The van der Waals surface area contributed by atoms with Crippen LogP contribution in [0.5, 0.6) is 0 Å². The summed E-state index contributed by atoms with van der Waals surface area (Å²) in [6.07, 6.45) is -0.429. The molecule has 3 aromatic carbocycles. The highest BCUT2D eigenvalue weighted by atomic mass is 32.2. The molecule has 3 rings (SSSR count). The monoisotopic (exact) mass is 369 g/mol. The van der Waals surface area contributed by atoms with Gasteiger partial charge in [-0.2, -0.15) is 0 Å². The summed E-state index contributed by atoms with van der Waals surface area (Å²) in [7, 11) is -3.58. The summed E-state index contributed by atoms with van der Waals surface area (Å²) in [6, 6.07) is 18.7. The highest BCUT2D eigenvalue weighted by Crippen LogP contribution is 2.26. The molecule has 0 amide bonds. The van der Waals surface area contributed by atoms with Crippen molar-refractivity contribution in [3.05, 3.63) is 77.4 Å². The van der Waals surface area contributed by atoms with E-state index in [1.807, 2.05) is 56.3 Å². The van der Waals surface area contributed by atoms with E-state index in [-0.39, 0.29) is 11.4 Å². The van der Waals surface area contributed by atoms with Crippen molar-refractivity contribution < 1.29 is 13.5 Å². The van der Waals surface area contributed by atoms with Crippen LogP contribution in [-0.2, 0) is 10.0 Å². The minimum atomic E-state index is -3.58. The van der Waals surface area contributed by atoms with Gasteiger partial charge in [0.05, 0.1) is 11.0 Å². The number of rotatable bonds is 6. The minimum absolute atomic E-state index is 0.166. The zero-order valence-electron chi connectivity index (χ0n) is 14.9. The Kier molecular flexibility index (Phi) is 5.41. The van der Waals surface area contributed by atoms with Crippen LogP contribution in [0.2, 0.25) is 0 Å². The SMILES string of the molecule is Cc1ccc(S(=O)(=O)NCCC(O)c2cccc3ccccc23)cc1C. The average molecular weight is 369 g/mol. The molecule has 0 radical (unpaired) electrons. The second kappa shape index (κ2) is 7.58. The number of benzene rings is 3. The molecule has 0 aliphatic carbocycles. The molecule has 1 atom stereocenters. The van der Waals surface area contributed by atoms with E-state index < -0.39 is 16.1 Å². The van der Waals surface area contributed by atoms with Crippen LogP contribution in [0.3, 0.4) is 0 Å². The maximum Gasteiger partial charge on any atom is 0.240 e. The van der Waals surface area contributed by atoms with E-state index in [2.05, 4.69) is 4.72 Å². The maximum atomic E-state index is 12.4. The predicted molar refractivity (Wildman–Crippen MR) is 105 cm³/mol. The lowest BCUT2D eigenvalue weighted by Crippen LogP contribution is -2.26. The second-order valence-corrected chi connectivity index (χ2v) is 8.28. The van der Waals surface area contributed by atoms with Crippen molar-refractivity contribution in [1.29, 1.82) is 0 Å². The van der Waals surface area contributed by atoms with Crippen LogP contribution in [0.4, 0.5) is 0 Å². The molecule has 1 unspecified atom stereocenters. The van der Waals surface area contributed by atoms with Crippen molar-refractivity contribution in [2.75, 3.05) is 6.54 Å². The first-order valence-electron chi connectivity index (χ1n) is 8.61. The molecule has 2 N–H and O–H groups in total. The summed E-state index contributed by atoms with van der Waals surface area (Å²) in [5.74, 6) is 0. The Bertz CT molecular complexity index is 1020. The van der Waals surface area contributed by atoms with Crippen LogP contribution in [0.15, 0.2) is 65.6 Å². The molecular weight excluding hydrogens is 346 g/mol. The predicted octanol–water partition coefficient (Wildman–Crippen LogP) is 3.86. The summed E-state index contributed by atoms with van der Waals surface area (Å²) in [4.78, 5) is 0.250. The topological polar surface area (TPSA) is 66.4 Å². The molecule has 0 aliphatic rings. The van der Waals surface area contributed by atoms with Gasteiger partial charge in [-0.25, -0.2) is 13.1 Å². The molecule has 3 aromatic rings. The summed E-state index contributed by atoms with van der Waals surface area (Å²) < 4.78 is 27.4. The van der Waals surface area contributed by atoms with E-state index in [0.717, 1.165) is 27.5 Å². The van der Waals surface area contributed by atoms with Crippen molar-refractivity contribution in [2.24, 2.45) is 0 Å². The van der Waals surface area contributed by atoms with E-state index in [1.54, 1.807) is 18.2 Å². The molecule has 0 fully saturated rings. The Morgan fingerprint density at radius 3 is 2.46 bits per heavy atom. The Morgan fingerprint density at radius 1 is 0.962 bits per heavy atom. The Morgan fingerprint density at radius 2 is 1.69 bits per heavy atom. The van der Waals surface area contributed by atoms with Gasteiger partial charge < -0.3 is 5.11 Å². The molecule has 0 saturated carbocycles. The molecule has 136 valence electrons. The number of aliphatic hydroxyl groups excluding tert-OH is 1. The highest BCUT2D eigenvalue weighted by Gasteiger charge is 2.16. The Balaban J connectivity index is 1.69. The third kappa shape index (κ3) is 3.96. The number of fused-ring (bicyclic) bond motifs is 1. The summed E-state index contributed by atoms with van der Waals surface area (Å²) in [5, 5.41) is 12.6. The standard InChI is InChI=1S/C21H23NO3S/c1-15-10-11-18(14-16(15)2)26(24,25)22-13-12-21(23)20-9-5-7-17-6-3-4-8-19(17)20/h3-11,14,21-23H,12-13H2,1-2H3. The van der Waals surface area contributed by atoms with E-state index >= 15 is 0 Å². The normalized spacial score (nSPS) is 13.0. The van der Waals surface area contributed by atoms with Gasteiger partial charge >= 0.3 is 0 Å². The molecular formula is C21H23NO3S. The Labute approximate surface area is 154 Å². The fourth-order valence-electron chi connectivity index (χ4n) is 2.99. The van der Waals surface area contributed by atoms with Crippen molar-refractivity contribution in [1.82, 2.24) is 4.72 Å². The highest BCUT2D eigenvalue weighted by molar-refractivity contribution is 7.89. The summed E-state index contributed by atoms with van der Waals surface area (Å²) in [5.41, 5.74) is 2.80. The minimum Gasteiger partial charge on any atom is -0.388 e. The molecule has 0 aliphatic heterocycles. The first kappa shape index (κ1) is 18.6. The van der Waals surface area contributed by atoms with Gasteiger partial charge in [0.2, 0.25) is 10.0 Å². The lowest BCUT2D eigenvalue weighted by molar-refractivity contribution is 0.170. The molecule has 26 heavy (non-hydrogen) atoms. The third-order valence-electron chi connectivity index (χ3n) is 4.68. The van der Waals surface area contributed by atoms with Gasteiger partial charge in [-0.05, 0) is 59.9 Å². The van der Waals surface area contributed by atoms with Crippen molar-refractivity contribution in [3.63, 3.8) is 0 Å². The number of hydrogen-bond acceptors (Lipinski definition) is 3. The number of sulfonamides is 1. The maximum absolute atomic E-state index is 12.4. The van der Waals surface area contributed by atoms with E-state index in [0.29, 0.717) is 6.42 Å². The van der Waals surface area contributed by atoms with Crippen molar-refractivity contribution >= 4 is 20.8 Å². The van der Waals surface area contributed by atoms with Crippen LogP contribution in [0.1, 0.15) is 29.2 Å². The van der Waals surface area contributed by atoms with Crippen molar-refractivity contribution in [2.45, 2.75) is 31.3 Å². The van der Waals surface area contributed by atoms with Gasteiger partial charge in [0.1, 0.15) is 0 Å². The van der Waals surface area contributed by atoms with Crippen LogP contribution in [0, 0.1) is 13.8 Å². The van der Waals surface area contributed by atoms with Gasteiger partial charge in [0, 0.05) is 6.54 Å². The van der Waals surface area contributed by atoms with Gasteiger partial charge in [-0.15, -0.1) is 0 Å². The molecule has 0 saturated heterocycles. The van der Waals surface area contributed by atoms with Gasteiger partial charge in [-0.3, -0.25) is 0 Å². The zero-order valence-corrected chi connectivity index (χ0v) is 15.8. The summed E-state index contributed by atoms with van der Waals surface area (Å²) in [6.45, 7) is 4.00. The first-order valence-corrected chi connectivity index (χ1v) is 10.1. The third-order valence-corrected chi connectivity index (χ3v) is 6.14. The molecule has 0 spiro atoms. The van der Waals surface area contributed by atoms with Crippen LogP contribution in [-0.4, -0.2) is 20.1 Å². The van der Waals surface area contributed by atoms with Gasteiger partial charge in [0.15, 0.2) is 0 Å². The van der Waals surface area contributed by atoms with Gasteiger partial charge in [-0.1, -0.05) is 48.5 Å². The fourth-order valence-corrected chi connectivity index (χ4v) is 4.12. The average Bonchev–Trinajstić information content (AvgIpc) is 2.63. The van der Waals surface area contributed by atoms with Crippen LogP contribution in [0.25, 0.3) is 10.8 Å². The Hall–Kier alpha value is -2.21. The number of nitrogens with one attached hydrogen (secondary N) is 1. The van der Waals surface area contributed by atoms with Gasteiger partial charge in [0.25, 0.3) is 0 Å². The largest absolute Gasteiger partial charge is 0.388 e. The number of aryl methyl sites for hydroxylation is 2. The molecule has 0 bridgehead atoms. The van der Waals surface area contributed by atoms with E-state index in [1.165, 1.54) is 0 Å². The molecule has 0 aromatic heterocycles. The van der Waals surface area contributed by atoms with Crippen LogP contribution >= 0.6 is 0 Å². The summed E-state index contributed by atoms with van der Waals surface area (Å²) >= 11 is 0. The fraction of sp³-hybridized carbons (Fsp3) is 0.238.